The third-order valence-corrected chi connectivity index (χ3v) is 8.36. The molecule has 9 rings (SSSR count). The van der Waals surface area contributed by atoms with E-state index in [4.69, 9.17) is 4.42 Å². The summed E-state index contributed by atoms with van der Waals surface area (Å²) in [5, 5.41) is 7.22. The number of furan rings is 1. The quantitative estimate of drug-likeness (QED) is 0.246. The average molecular weight is 513 g/mol. The van der Waals surface area contributed by atoms with E-state index in [9.17, 15) is 0 Å². The minimum Gasteiger partial charge on any atom is -0.455 e. The number of aryl methyl sites for hydroxylation is 1. The van der Waals surface area contributed by atoms with Gasteiger partial charge in [0.05, 0.1) is 16.6 Å². The number of benzene rings is 6. The van der Waals surface area contributed by atoms with E-state index >= 15 is 0 Å². The van der Waals surface area contributed by atoms with Gasteiger partial charge in [0.15, 0.2) is 0 Å². The molecule has 0 radical (unpaired) electrons. The first-order valence-electron chi connectivity index (χ1n) is 13.7. The number of nitrogens with zero attached hydrogens (tertiary/aromatic N) is 1. The van der Waals surface area contributed by atoms with E-state index in [-0.39, 0.29) is 0 Å². The van der Waals surface area contributed by atoms with Crippen molar-refractivity contribution in [2.45, 2.75) is 6.92 Å². The molecule has 0 unspecified atom stereocenters. The minimum absolute atomic E-state index is 0.906. The number of rotatable bonds is 2. The van der Waals surface area contributed by atoms with Gasteiger partial charge in [0, 0.05) is 49.1 Å². The second-order valence-electron chi connectivity index (χ2n) is 10.7. The van der Waals surface area contributed by atoms with Gasteiger partial charge in [-0.15, -0.1) is 0 Å². The number of hydrogen-bond acceptors (Lipinski definition) is 1. The molecule has 3 nitrogen and oxygen atoms in total. The Morgan fingerprint density at radius 3 is 2.27 bits per heavy atom. The van der Waals surface area contributed by atoms with Crippen LogP contribution in [0.25, 0.3) is 82.4 Å². The Labute approximate surface area is 229 Å². The molecule has 9 aromatic rings. The Bertz CT molecular complexity index is 2450. The second-order valence-corrected chi connectivity index (χ2v) is 10.7. The third kappa shape index (κ3) is 2.89. The number of fused-ring (bicyclic) bond motifs is 10. The topological polar surface area (TPSA) is 33.9 Å². The van der Waals surface area contributed by atoms with Crippen LogP contribution in [0.1, 0.15) is 5.56 Å². The smallest absolute Gasteiger partial charge is 0.143 e. The van der Waals surface area contributed by atoms with E-state index in [0.717, 1.165) is 49.8 Å². The Kier molecular flexibility index (Phi) is 4.26. The number of para-hydroxylation sites is 3. The van der Waals surface area contributed by atoms with E-state index in [2.05, 4.69) is 132 Å². The van der Waals surface area contributed by atoms with Gasteiger partial charge in [-0.3, -0.25) is 0 Å². The molecule has 40 heavy (non-hydrogen) atoms. The van der Waals surface area contributed by atoms with Crippen molar-refractivity contribution in [2.24, 2.45) is 0 Å². The molecule has 3 aromatic heterocycles. The molecule has 6 aromatic carbocycles. The van der Waals surface area contributed by atoms with Gasteiger partial charge in [0.25, 0.3) is 0 Å². The van der Waals surface area contributed by atoms with E-state index < -0.39 is 0 Å². The molecule has 0 aliphatic carbocycles. The van der Waals surface area contributed by atoms with Gasteiger partial charge in [-0.05, 0) is 42.8 Å². The summed E-state index contributed by atoms with van der Waals surface area (Å²) in [6.45, 7) is 2.14. The molecule has 0 spiro atoms. The summed E-state index contributed by atoms with van der Waals surface area (Å²) < 4.78 is 8.95. The molecular weight excluding hydrogens is 488 g/mol. The zero-order chi connectivity index (χ0) is 26.4. The van der Waals surface area contributed by atoms with Crippen LogP contribution in [0.2, 0.25) is 0 Å². The number of aromatic amines is 1. The Balaban J connectivity index is 1.49. The van der Waals surface area contributed by atoms with E-state index in [1.54, 1.807) is 0 Å². The summed E-state index contributed by atoms with van der Waals surface area (Å²) in [6, 6.07) is 43.5. The molecule has 188 valence electrons. The lowest BCUT2D eigenvalue weighted by Crippen LogP contribution is -1.96. The van der Waals surface area contributed by atoms with E-state index in [0.29, 0.717) is 0 Å². The summed E-state index contributed by atoms with van der Waals surface area (Å²) in [4.78, 5) is 3.77. The first-order chi connectivity index (χ1) is 19.7. The molecule has 0 saturated heterocycles. The molecule has 0 fully saturated rings. The molecule has 3 heteroatoms. The summed E-state index contributed by atoms with van der Waals surface area (Å²) in [5.74, 6) is 0. The maximum Gasteiger partial charge on any atom is 0.143 e. The van der Waals surface area contributed by atoms with Gasteiger partial charge in [0.2, 0.25) is 0 Å². The van der Waals surface area contributed by atoms with Crippen molar-refractivity contribution in [2.75, 3.05) is 0 Å². The summed E-state index contributed by atoms with van der Waals surface area (Å²) >= 11 is 0. The largest absolute Gasteiger partial charge is 0.455 e. The summed E-state index contributed by atoms with van der Waals surface area (Å²) in [5.41, 5.74) is 11.1. The van der Waals surface area contributed by atoms with Gasteiger partial charge < -0.3 is 14.0 Å². The van der Waals surface area contributed by atoms with Crippen molar-refractivity contribution >= 4 is 65.6 Å². The van der Waals surface area contributed by atoms with Gasteiger partial charge in [-0.25, -0.2) is 0 Å². The SMILES string of the molecule is Cc1cccc(-c2cc(-n3c4ccccc4c4ccc5c6ccccc6[nH]c5c43)cc3c2oc2ccccc23)c1. The van der Waals surface area contributed by atoms with Crippen LogP contribution in [-0.2, 0) is 0 Å². The molecule has 0 amide bonds. The molecule has 0 atom stereocenters. The zero-order valence-corrected chi connectivity index (χ0v) is 21.9. The van der Waals surface area contributed by atoms with E-state index in [1.165, 1.54) is 38.1 Å². The van der Waals surface area contributed by atoms with Crippen LogP contribution in [-0.4, -0.2) is 9.55 Å². The molecule has 0 aliphatic rings. The fourth-order valence-corrected chi connectivity index (χ4v) is 6.61. The number of nitrogens with one attached hydrogen (secondary N) is 1. The van der Waals surface area contributed by atoms with Crippen LogP contribution in [0.4, 0.5) is 0 Å². The van der Waals surface area contributed by atoms with Crippen LogP contribution >= 0.6 is 0 Å². The van der Waals surface area contributed by atoms with Crippen LogP contribution in [0.15, 0.2) is 126 Å². The monoisotopic (exact) mass is 512 g/mol. The number of aromatic nitrogens is 2. The van der Waals surface area contributed by atoms with Crippen molar-refractivity contribution in [3.63, 3.8) is 0 Å². The maximum atomic E-state index is 6.52. The molecule has 0 bridgehead atoms. The molecule has 3 heterocycles. The summed E-state index contributed by atoms with van der Waals surface area (Å²) in [6.07, 6.45) is 0. The molecular formula is C37H24N2O. The van der Waals surface area contributed by atoms with Gasteiger partial charge >= 0.3 is 0 Å². The van der Waals surface area contributed by atoms with Gasteiger partial charge in [-0.2, -0.15) is 0 Å². The normalized spacial score (nSPS) is 12.1. The Hall–Kier alpha value is -5.28. The van der Waals surface area contributed by atoms with Gasteiger partial charge in [-0.1, -0.05) is 96.6 Å². The number of hydrogen-bond donors (Lipinski definition) is 1. The van der Waals surface area contributed by atoms with Crippen molar-refractivity contribution in [1.82, 2.24) is 9.55 Å². The van der Waals surface area contributed by atoms with Crippen LogP contribution in [0, 0.1) is 6.92 Å². The van der Waals surface area contributed by atoms with Crippen LogP contribution in [0.5, 0.6) is 0 Å². The number of H-pyrrole nitrogens is 1. The third-order valence-electron chi connectivity index (χ3n) is 8.36. The van der Waals surface area contributed by atoms with Crippen molar-refractivity contribution < 1.29 is 4.42 Å². The Morgan fingerprint density at radius 1 is 0.600 bits per heavy atom. The fourth-order valence-electron chi connectivity index (χ4n) is 6.61. The lowest BCUT2D eigenvalue weighted by Gasteiger charge is -2.12. The molecule has 0 saturated carbocycles. The maximum absolute atomic E-state index is 6.52. The van der Waals surface area contributed by atoms with Gasteiger partial charge in [0.1, 0.15) is 11.2 Å². The average Bonchev–Trinajstić information content (AvgIpc) is 3.66. The van der Waals surface area contributed by atoms with E-state index in [1.807, 2.05) is 6.07 Å². The van der Waals surface area contributed by atoms with Crippen molar-refractivity contribution in [3.8, 4) is 16.8 Å². The highest BCUT2D eigenvalue weighted by molar-refractivity contribution is 6.23. The highest BCUT2D eigenvalue weighted by atomic mass is 16.3. The minimum atomic E-state index is 0.906. The molecule has 1 N–H and O–H groups in total. The summed E-state index contributed by atoms with van der Waals surface area (Å²) in [7, 11) is 0. The van der Waals surface area contributed by atoms with Crippen molar-refractivity contribution in [1.29, 1.82) is 0 Å². The fraction of sp³-hybridized carbons (Fsp3) is 0.0270. The molecule has 0 aliphatic heterocycles. The first kappa shape index (κ1) is 21.6. The van der Waals surface area contributed by atoms with Crippen LogP contribution in [0.3, 0.4) is 0 Å². The second kappa shape index (κ2) is 7.87. The highest BCUT2D eigenvalue weighted by Gasteiger charge is 2.20. The first-order valence-corrected chi connectivity index (χ1v) is 13.7. The zero-order valence-electron chi connectivity index (χ0n) is 21.9. The standard InChI is InChI=1S/C37H24N2O/c1-22-9-8-10-23(19-22)30-20-24(21-31-27-13-4-7-16-34(27)40-37(30)31)39-33-15-6-3-12-26(33)29-18-17-28-25-11-2-5-14-32(25)38-35(28)36(29)39/h2-21,38H,1H3. The predicted molar refractivity (Wildman–Crippen MR) is 168 cm³/mol. The lowest BCUT2D eigenvalue weighted by molar-refractivity contribution is 0.670. The predicted octanol–water partition coefficient (Wildman–Crippen LogP) is 10.3. The van der Waals surface area contributed by atoms with Crippen molar-refractivity contribution in [3.05, 3.63) is 127 Å². The van der Waals surface area contributed by atoms with Crippen LogP contribution < -0.4 is 0 Å². The Morgan fingerprint density at radius 2 is 1.38 bits per heavy atom. The lowest BCUT2D eigenvalue weighted by atomic mass is 9.99. The highest BCUT2D eigenvalue weighted by Crippen LogP contribution is 2.42.